The van der Waals surface area contributed by atoms with Crippen molar-refractivity contribution in [2.75, 3.05) is 0 Å². The van der Waals surface area contributed by atoms with E-state index >= 15 is 0 Å². The van der Waals surface area contributed by atoms with Crippen LogP contribution in [0.25, 0.3) is 0 Å². The zero-order valence-electron chi connectivity index (χ0n) is 15.3. The zero-order valence-corrected chi connectivity index (χ0v) is 15.3. The molecule has 1 atom stereocenters. The van der Waals surface area contributed by atoms with Crippen molar-refractivity contribution in [2.45, 2.75) is 52.1 Å². The van der Waals surface area contributed by atoms with Crippen molar-refractivity contribution in [2.24, 2.45) is 0 Å². The average molecular weight is 356 g/mol. The summed E-state index contributed by atoms with van der Waals surface area (Å²) in [5.74, 6) is -3.26. The number of aromatic hydroxyl groups is 1. The lowest BCUT2D eigenvalue weighted by Gasteiger charge is -2.39. The molecule has 1 aromatic rings. The predicted octanol–water partition coefficient (Wildman–Crippen LogP) is 2.29. The third-order valence-electron chi connectivity index (χ3n) is 5.55. The minimum absolute atomic E-state index is 0.0174. The largest absolute Gasteiger partial charge is 0.506 e. The highest BCUT2D eigenvalue weighted by atomic mass is 16.3. The SMILES string of the molecule is CCC1=C(C)C(=O)c2cc3c(c(O)c2C1=O)C(=O)[C@](C)(O)C(=O)C3(C)C. The number of carbonyl (C=O) groups excluding carboxylic acids is 4. The lowest BCUT2D eigenvalue weighted by Crippen LogP contribution is -2.56. The van der Waals surface area contributed by atoms with Gasteiger partial charge in [-0.2, -0.15) is 0 Å². The van der Waals surface area contributed by atoms with Gasteiger partial charge in [-0.05, 0) is 45.7 Å². The van der Waals surface area contributed by atoms with Crippen molar-refractivity contribution < 1.29 is 29.4 Å². The Bertz CT molecular complexity index is 959. The van der Waals surface area contributed by atoms with Gasteiger partial charge in [0.2, 0.25) is 5.78 Å². The molecule has 0 heterocycles. The number of phenols is 1. The van der Waals surface area contributed by atoms with Crippen molar-refractivity contribution >= 4 is 23.1 Å². The average Bonchev–Trinajstić information content (AvgIpc) is 2.57. The summed E-state index contributed by atoms with van der Waals surface area (Å²) >= 11 is 0. The highest BCUT2D eigenvalue weighted by Gasteiger charge is 2.55. The van der Waals surface area contributed by atoms with Gasteiger partial charge in [0.05, 0.1) is 16.5 Å². The van der Waals surface area contributed by atoms with Gasteiger partial charge in [-0.25, -0.2) is 0 Å². The fraction of sp³-hybridized carbons (Fsp3) is 0.400. The summed E-state index contributed by atoms with van der Waals surface area (Å²) in [6.07, 6.45) is 0.308. The second kappa shape index (κ2) is 5.20. The molecule has 0 radical (unpaired) electrons. The maximum Gasteiger partial charge on any atom is 0.205 e. The van der Waals surface area contributed by atoms with Crippen molar-refractivity contribution in [1.29, 1.82) is 0 Å². The number of hydrogen-bond acceptors (Lipinski definition) is 6. The molecule has 0 bridgehead atoms. The summed E-state index contributed by atoms with van der Waals surface area (Å²) in [5.41, 5.74) is -3.43. The Morgan fingerprint density at radius 3 is 2.12 bits per heavy atom. The number of ketones is 4. The van der Waals surface area contributed by atoms with Gasteiger partial charge in [0.1, 0.15) is 5.75 Å². The van der Waals surface area contributed by atoms with Crippen LogP contribution in [0, 0.1) is 0 Å². The molecule has 0 unspecified atom stereocenters. The number of phenolic OH excluding ortho intramolecular Hbond substituents is 1. The van der Waals surface area contributed by atoms with E-state index in [1.165, 1.54) is 19.9 Å². The Morgan fingerprint density at radius 2 is 1.58 bits per heavy atom. The van der Waals surface area contributed by atoms with Crippen LogP contribution < -0.4 is 0 Å². The Labute approximate surface area is 150 Å². The van der Waals surface area contributed by atoms with E-state index in [1.807, 2.05) is 0 Å². The monoisotopic (exact) mass is 356 g/mol. The van der Waals surface area contributed by atoms with Crippen LogP contribution in [-0.4, -0.2) is 38.9 Å². The van der Waals surface area contributed by atoms with Crippen LogP contribution in [0.4, 0.5) is 0 Å². The third kappa shape index (κ3) is 1.96. The van der Waals surface area contributed by atoms with Crippen LogP contribution >= 0.6 is 0 Å². The number of Topliss-reactive ketones (excluding diaryl/α,β-unsaturated/α-hetero) is 4. The number of rotatable bonds is 1. The molecule has 6 nitrogen and oxygen atoms in total. The standard InChI is InChI=1S/C20H20O6/c1-6-9-8(2)14(21)10-7-11-13(16(23)12(10)15(9)22)17(24)20(5,26)18(25)19(11,3)4/h7,23,26H,6H2,1-5H3/t20-/m0/s1. The van der Waals surface area contributed by atoms with Gasteiger partial charge in [0.25, 0.3) is 0 Å². The van der Waals surface area contributed by atoms with Crippen molar-refractivity contribution in [1.82, 2.24) is 0 Å². The Balaban J connectivity index is 2.45. The van der Waals surface area contributed by atoms with Crippen LogP contribution in [0.1, 0.15) is 77.7 Å². The second-order valence-corrected chi connectivity index (χ2v) is 7.54. The molecular weight excluding hydrogens is 336 g/mol. The van der Waals surface area contributed by atoms with E-state index in [9.17, 15) is 29.4 Å². The molecule has 6 heteroatoms. The molecule has 0 aromatic heterocycles. The van der Waals surface area contributed by atoms with E-state index in [2.05, 4.69) is 0 Å². The number of aliphatic hydroxyl groups is 1. The van der Waals surface area contributed by atoms with Gasteiger partial charge < -0.3 is 10.2 Å². The number of hydrogen-bond donors (Lipinski definition) is 2. The quantitative estimate of drug-likeness (QED) is 0.747. The molecule has 0 fully saturated rings. The molecule has 0 aliphatic heterocycles. The highest BCUT2D eigenvalue weighted by molar-refractivity contribution is 6.31. The lowest BCUT2D eigenvalue weighted by molar-refractivity contribution is -0.137. The van der Waals surface area contributed by atoms with E-state index < -0.39 is 39.9 Å². The summed E-state index contributed by atoms with van der Waals surface area (Å²) in [5, 5.41) is 21.2. The van der Waals surface area contributed by atoms with Crippen LogP contribution in [0.3, 0.4) is 0 Å². The van der Waals surface area contributed by atoms with Gasteiger partial charge in [0.15, 0.2) is 23.0 Å². The second-order valence-electron chi connectivity index (χ2n) is 7.54. The summed E-state index contributed by atoms with van der Waals surface area (Å²) in [6, 6.07) is 1.34. The van der Waals surface area contributed by atoms with Gasteiger partial charge in [-0.3, -0.25) is 19.2 Å². The van der Waals surface area contributed by atoms with Crippen molar-refractivity contribution in [3.63, 3.8) is 0 Å². The molecule has 2 N–H and O–H groups in total. The fourth-order valence-electron chi connectivity index (χ4n) is 3.96. The first-order valence-electron chi connectivity index (χ1n) is 8.40. The van der Waals surface area contributed by atoms with E-state index in [1.54, 1.807) is 13.8 Å². The number of carbonyl (C=O) groups is 4. The normalized spacial score (nSPS) is 24.7. The molecule has 2 aliphatic rings. The number of benzene rings is 1. The fourth-order valence-corrected chi connectivity index (χ4v) is 3.96. The molecular formula is C20H20O6. The van der Waals surface area contributed by atoms with Gasteiger partial charge in [0, 0.05) is 16.7 Å². The molecule has 3 rings (SSSR count). The van der Waals surface area contributed by atoms with Crippen LogP contribution in [0.15, 0.2) is 17.2 Å². The molecule has 0 saturated heterocycles. The molecule has 0 saturated carbocycles. The minimum Gasteiger partial charge on any atom is -0.506 e. The Morgan fingerprint density at radius 1 is 1.00 bits per heavy atom. The number of allylic oxidation sites excluding steroid dienone is 2. The van der Waals surface area contributed by atoms with Crippen LogP contribution in [0.2, 0.25) is 0 Å². The Hall–Kier alpha value is -2.60. The van der Waals surface area contributed by atoms with E-state index in [4.69, 9.17) is 0 Å². The van der Waals surface area contributed by atoms with Gasteiger partial charge >= 0.3 is 0 Å². The molecule has 2 aliphatic carbocycles. The maximum absolute atomic E-state index is 12.8. The lowest BCUT2D eigenvalue weighted by atomic mass is 9.63. The Kier molecular flexibility index (Phi) is 3.64. The van der Waals surface area contributed by atoms with Gasteiger partial charge in [-0.15, -0.1) is 0 Å². The van der Waals surface area contributed by atoms with Gasteiger partial charge in [-0.1, -0.05) is 6.92 Å². The first-order chi connectivity index (χ1) is 11.9. The first-order valence-corrected chi connectivity index (χ1v) is 8.40. The van der Waals surface area contributed by atoms with Crippen LogP contribution in [-0.2, 0) is 10.2 Å². The molecule has 0 amide bonds. The number of fused-ring (bicyclic) bond motifs is 2. The molecule has 1 aromatic carbocycles. The molecule has 0 spiro atoms. The molecule has 136 valence electrons. The van der Waals surface area contributed by atoms with Crippen molar-refractivity contribution in [3.8, 4) is 5.75 Å². The summed E-state index contributed by atoms with van der Waals surface area (Å²) in [7, 11) is 0. The summed E-state index contributed by atoms with van der Waals surface area (Å²) < 4.78 is 0. The predicted molar refractivity (Wildman–Crippen MR) is 92.7 cm³/mol. The zero-order chi connectivity index (χ0) is 19.8. The smallest absolute Gasteiger partial charge is 0.205 e. The van der Waals surface area contributed by atoms with Crippen molar-refractivity contribution in [3.05, 3.63) is 39.5 Å². The van der Waals surface area contributed by atoms with E-state index in [0.29, 0.717) is 12.0 Å². The minimum atomic E-state index is -2.32. The molecule has 26 heavy (non-hydrogen) atoms. The third-order valence-corrected chi connectivity index (χ3v) is 5.55. The first kappa shape index (κ1) is 18.2. The highest BCUT2D eigenvalue weighted by Crippen LogP contribution is 2.46. The van der Waals surface area contributed by atoms with E-state index in [0.717, 1.165) is 6.92 Å². The van der Waals surface area contributed by atoms with Crippen LogP contribution in [0.5, 0.6) is 5.75 Å². The maximum atomic E-state index is 12.8. The van der Waals surface area contributed by atoms with E-state index in [-0.39, 0.29) is 27.8 Å². The summed E-state index contributed by atoms with van der Waals surface area (Å²) in [4.78, 5) is 50.8. The topological polar surface area (TPSA) is 109 Å². The summed E-state index contributed by atoms with van der Waals surface area (Å²) in [6.45, 7) is 7.37.